The van der Waals surface area contributed by atoms with Crippen molar-refractivity contribution in [3.05, 3.63) is 52.6 Å². The molecular weight excluding hydrogens is 374 g/mol. The SMILES string of the molecule is Cc1ccc(NC(=O)CSc2nc3nccnc3c(=O)n2CCC(C)C)cc1. The van der Waals surface area contributed by atoms with Crippen LogP contribution >= 0.6 is 11.8 Å². The van der Waals surface area contributed by atoms with E-state index in [9.17, 15) is 9.59 Å². The highest BCUT2D eigenvalue weighted by Crippen LogP contribution is 2.18. The van der Waals surface area contributed by atoms with Crippen LogP contribution < -0.4 is 10.9 Å². The first kappa shape index (κ1) is 20.0. The third-order valence-corrected chi connectivity index (χ3v) is 5.13. The molecule has 3 aromatic rings. The number of hydrogen-bond acceptors (Lipinski definition) is 6. The van der Waals surface area contributed by atoms with Gasteiger partial charge < -0.3 is 5.32 Å². The molecule has 7 nitrogen and oxygen atoms in total. The van der Waals surface area contributed by atoms with Gasteiger partial charge in [0.25, 0.3) is 5.56 Å². The number of aryl methyl sites for hydroxylation is 1. The van der Waals surface area contributed by atoms with E-state index in [0.29, 0.717) is 23.3 Å². The predicted octanol–water partition coefficient (Wildman–Crippen LogP) is 3.27. The zero-order valence-electron chi connectivity index (χ0n) is 16.2. The van der Waals surface area contributed by atoms with Gasteiger partial charge in [-0.15, -0.1) is 0 Å². The summed E-state index contributed by atoms with van der Waals surface area (Å²) in [6.45, 7) is 6.71. The zero-order chi connectivity index (χ0) is 20.1. The third kappa shape index (κ3) is 4.95. The topological polar surface area (TPSA) is 89.8 Å². The number of carbonyl (C=O) groups is 1. The van der Waals surface area contributed by atoms with Crippen LogP contribution in [0.25, 0.3) is 11.2 Å². The molecule has 0 saturated heterocycles. The van der Waals surface area contributed by atoms with Gasteiger partial charge in [-0.2, -0.15) is 0 Å². The van der Waals surface area contributed by atoms with E-state index in [1.165, 1.54) is 24.2 Å². The Morgan fingerprint density at radius 3 is 2.61 bits per heavy atom. The monoisotopic (exact) mass is 397 g/mol. The molecule has 1 amide bonds. The summed E-state index contributed by atoms with van der Waals surface area (Å²) in [6, 6.07) is 7.60. The molecule has 8 heteroatoms. The Morgan fingerprint density at radius 1 is 1.18 bits per heavy atom. The van der Waals surface area contributed by atoms with E-state index >= 15 is 0 Å². The number of nitrogens with one attached hydrogen (secondary N) is 1. The fourth-order valence-electron chi connectivity index (χ4n) is 2.59. The zero-order valence-corrected chi connectivity index (χ0v) is 17.0. The van der Waals surface area contributed by atoms with Crippen molar-refractivity contribution in [2.45, 2.75) is 38.9 Å². The summed E-state index contributed by atoms with van der Waals surface area (Å²) in [7, 11) is 0. The summed E-state index contributed by atoms with van der Waals surface area (Å²) in [5, 5.41) is 3.34. The highest BCUT2D eigenvalue weighted by Gasteiger charge is 2.15. The van der Waals surface area contributed by atoms with Crippen LogP contribution in [0.5, 0.6) is 0 Å². The van der Waals surface area contributed by atoms with E-state index in [2.05, 4.69) is 34.1 Å². The maximum atomic E-state index is 12.8. The Labute approximate surface area is 167 Å². The van der Waals surface area contributed by atoms with E-state index in [4.69, 9.17) is 0 Å². The molecule has 0 spiro atoms. The van der Waals surface area contributed by atoms with Gasteiger partial charge in [0.05, 0.1) is 5.75 Å². The average molecular weight is 398 g/mol. The summed E-state index contributed by atoms with van der Waals surface area (Å²) in [6.07, 6.45) is 3.82. The van der Waals surface area contributed by atoms with Crippen molar-refractivity contribution in [2.24, 2.45) is 5.92 Å². The van der Waals surface area contributed by atoms with Crippen LogP contribution in [0, 0.1) is 12.8 Å². The Balaban J connectivity index is 1.80. The molecule has 0 unspecified atom stereocenters. The van der Waals surface area contributed by atoms with E-state index in [0.717, 1.165) is 17.7 Å². The van der Waals surface area contributed by atoms with Gasteiger partial charge in [0.1, 0.15) is 0 Å². The number of aromatic nitrogens is 4. The molecular formula is C20H23N5O2S. The third-order valence-electron chi connectivity index (χ3n) is 4.16. The van der Waals surface area contributed by atoms with Crippen molar-refractivity contribution < 1.29 is 4.79 Å². The Bertz CT molecular complexity index is 1030. The van der Waals surface area contributed by atoms with Gasteiger partial charge in [0.2, 0.25) is 5.91 Å². The van der Waals surface area contributed by atoms with Gasteiger partial charge in [-0.05, 0) is 31.4 Å². The lowest BCUT2D eigenvalue weighted by atomic mass is 10.1. The first-order valence-corrected chi connectivity index (χ1v) is 10.1. The second-order valence-electron chi connectivity index (χ2n) is 6.97. The first-order valence-electron chi connectivity index (χ1n) is 9.15. The molecule has 0 saturated carbocycles. The largest absolute Gasteiger partial charge is 0.325 e. The van der Waals surface area contributed by atoms with Crippen LogP contribution in [0.4, 0.5) is 5.69 Å². The molecule has 0 bridgehead atoms. The van der Waals surface area contributed by atoms with Gasteiger partial charge in [0, 0.05) is 24.6 Å². The van der Waals surface area contributed by atoms with E-state index in [1.807, 2.05) is 31.2 Å². The molecule has 2 aromatic heterocycles. The maximum Gasteiger partial charge on any atom is 0.282 e. The van der Waals surface area contributed by atoms with Crippen molar-refractivity contribution in [3.8, 4) is 0 Å². The van der Waals surface area contributed by atoms with Crippen molar-refractivity contribution >= 4 is 34.5 Å². The lowest BCUT2D eigenvalue weighted by Crippen LogP contribution is -2.26. The Hall–Kier alpha value is -2.74. The molecule has 146 valence electrons. The summed E-state index contributed by atoms with van der Waals surface area (Å²) in [5.74, 6) is 0.429. The van der Waals surface area contributed by atoms with Crippen LogP contribution in [0.1, 0.15) is 25.8 Å². The van der Waals surface area contributed by atoms with Crippen molar-refractivity contribution in [1.29, 1.82) is 0 Å². The molecule has 0 aliphatic rings. The highest BCUT2D eigenvalue weighted by atomic mass is 32.2. The Kier molecular flexibility index (Phi) is 6.41. The normalized spacial score (nSPS) is 11.1. The summed E-state index contributed by atoms with van der Waals surface area (Å²) < 4.78 is 1.60. The number of thioether (sulfide) groups is 1. The molecule has 0 radical (unpaired) electrons. The van der Waals surface area contributed by atoms with Crippen molar-refractivity contribution in [1.82, 2.24) is 19.5 Å². The van der Waals surface area contributed by atoms with Crippen LogP contribution in [0.15, 0.2) is 46.6 Å². The second-order valence-corrected chi connectivity index (χ2v) is 7.91. The standard InChI is InChI=1S/C20H23N5O2S/c1-13(2)8-11-25-19(27)17-18(22-10-9-21-17)24-20(25)28-12-16(26)23-15-6-4-14(3)5-7-15/h4-7,9-10,13H,8,11-12H2,1-3H3,(H,23,26). The van der Waals surface area contributed by atoms with Gasteiger partial charge in [-0.3, -0.25) is 14.2 Å². The number of amides is 1. The average Bonchev–Trinajstić information content (AvgIpc) is 2.67. The molecule has 1 aromatic carbocycles. The van der Waals surface area contributed by atoms with Crippen LogP contribution in [0.2, 0.25) is 0 Å². The highest BCUT2D eigenvalue weighted by molar-refractivity contribution is 7.99. The fourth-order valence-corrected chi connectivity index (χ4v) is 3.40. The summed E-state index contributed by atoms with van der Waals surface area (Å²) >= 11 is 1.23. The second kappa shape index (κ2) is 8.97. The first-order chi connectivity index (χ1) is 13.4. The van der Waals surface area contributed by atoms with Crippen LogP contribution in [-0.4, -0.2) is 31.2 Å². The number of anilines is 1. The minimum atomic E-state index is -0.222. The molecule has 0 aliphatic heterocycles. The number of nitrogens with zero attached hydrogens (tertiary/aromatic N) is 4. The lowest BCUT2D eigenvalue weighted by Gasteiger charge is -2.13. The van der Waals surface area contributed by atoms with Crippen LogP contribution in [-0.2, 0) is 11.3 Å². The van der Waals surface area contributed by atoms with E-state index in [-0.39, 0.29) is 22.7 Å². The molecule has 0 aliphatic carbocycles. The molecule has 1 N–H and O–H groups in total. The van der Waals surface area contributed by atoms with Crippen LogP contribution in [0.3, 0.4) is 0 Å². The molecule has 28 heavy (non-hydrogen) atoms. The predicted molar refractivity (Wildman–Crippen MR) is 112 cm³/mol. The Morgan fingerprint density at radius 2 is 1.89 bits per heavy atom. The van der Waals surface area contributed by atoms with Crippen molar-refractivity contribution in [3.63, 3.8) is 0 Å². The molecule has 0 fully saturated rings. The van der Waals surface area contributed by atoms with Crippen molar-refractivity contribution in [2.75, 3.05) is 11.1 Å². The number of carbonyl (C=O) groups excluding carboxylic acids is 1. The summed E-state index contributed by atoms with van der Waals surface area (Å²) in [4.78, 5) is 37.9. The maximum absolute atomic E-state index is 12.8. The van der Waals surface area contributed by atoms with Gasteiger partial charge >= 0.3 is 0 Å². The van der Waals surface area contributed by atoms with Gasteiger partial charge in [0.15, 0.2) is 16.3 Å². The number of rotatable bonds is 7. The van der Waals surface area contributed by atoms with E-state index in [1.54, 1.807) is 4.57 Å². The minimum absolute atomic E-state index is 0.147. The molecule has 2 heterocycles. The smallest absolute Gasteiger partial charge is 0.282 e. The minimum Gasteiger partial charge on any atom is -0.325 e. The van der Waals surface area contributed by atoms with E-state index < -0.39 is 0 Å². The van der Waals surface area contributed by atoms with Gasteiger partial charge in [-0.25, -0.2) is 15.0 Å². The summed E-state index contributed by atoms with van der Waals surface area (Å²) in [5.41, 5.74) is 2.20. The van der Waals surface area contributed by atoms with Gasteiger partial charge in [-0.1, -0.05) is 43.3 Å². The quantitative estimate of drug-likeness (QED) is 0.486. The lowest BCUT2D eigenvalue weighted by molar-refractivity contribution is -0.113. The molecule has 3 rings (SSSR count). The number of hydrogen-bond donors (Lipinski definition) is 1. The number of benzene rings is 1. The fraction of sp³-hybridized carbons (Fsp3) is 0.350. The number of fused-ring (bicyclic) bond motifs is 1. The molecule has 0 atom stereocenters.